The number of carboxylic acids is 1. The van der Waals surface area contributed by atoms with Gasteiger partial charge in [0.25, 0.3) is 0 Å². The van der Waals surface area contributed by atoms with Crippen LogP contribution < -0.4 is 4.74 Å². The maximum absolute atomic E-state index is 11.6. The molecule has 3 aromatic rings. The summed E-state index contributed by atoms with van der Waals surface area (Å²) in [7, 11) is 0. The highest BCUT2D eigenvalue weighted by Gasteiger charge is 2.23. The summed E-state index contributed by atoms with van der Waals surface area (Å²) in [4.78, 5) is 11.6. The van der Waals surface area contributed by atoms with Gasteiger partial charge in [-0.25, -0.2) is 4.79 Å². The number of carbonyl (C=O) groups is 1. The van der Waals surface area contributed by atoms with E-state index in [0.717, 1.165) is 10.8 Å². The Balaban J connectivity index is 2.06. The summed E-state index contributed by atoms with van der Waals surface area (Å²) < 4.78 is 5.67. The second-order valence-corrected chi connectivity index (χ2v) is 4.72. The number of benzene rings is 3. The molecule has 0 spiro atoms. The summed E-state index contributed by atoms with van der Waals surface area (Å²) in [5, 5.41) is 11.4. The van der Waals surface area contributed by atoms with Crippen LogP contribution in [0.25, 0.3) is 10.8 Å². The fourth-order valence-corrected chi connectivity index (χ4v) is 2.36. The largest absolute Gasteiger partial charge is 0.478 e. The first-order valence-corrected chi connectivity index (χ1v) is 6.68. The second-order valence-electron chi connectivity index (χ2n) is 4.72. The smallest absolute Gasteiger partial charge is 0.349 e. The Bertz CT molecular complexity index is 760. The van der Waals surface area contributed by atoms with Crippen molar-refractivity contribution in [1.29, 1.82) is 0 Å². The minimum absolute atomic E-state index is 0.540. The normalized spacial score (nSPS) is 12.0. The molecule has 0 amide bonds. The van der Waals surface area contributed by atoms with Gasteiger partial charge in [0.05, 0.1) is 0 Å². The molecule has 0 aliphatic carbocycles. The van der Waals surface area contributed by atoms with Crippen LogP contribution in [0.15, 0.2) is 72.8 Å². The van der Waals surface area contributed by atoms with Crippen LogP contribution in [-0.2, 0) is 4.79 Å². The second kappa shape index (κ2) is 5.67. The number of carboxylic acid groups (broad SMARTS) is 1. The lowest BCUT2D eigenvalue weighted by Gasteiger charge is -2.17. The molecule has 0 aliphatic heterocycles. The Kier molecular flexibility index (Phi) is 3.56. The Morgan fingerprint density at radius 2 is 1.52 bits per heavy atom. The predicted octanol–water partition coefficient (Wildman–Crippen LogP) is 4.04. The molecule has 3 aromatic carbocycles. The number of hydrogen-bond donors (Lipinski definition) is 1. The van der Waals surface area contributed by atoms with Crippen LogP contribution in [0.2, 0.25) is 0 Å². The van der Waals surface area contributed by atoms with Crippen LogP contribution in [0, 0.1) is 0 Å². The molecule has 1 N–H and O–H groups in total. The van der Waals surface area contributed by atoms with E-state index < -0.39 is 12.1 Å². The van der Waals surface area contributed by atoms with Gasteiger partial charge in [-0.1, -0.05) is 60.7 Å². The van der Waals surface area contributed by atoms with Gasteiger partial charge in [0, 0.05) is 5.56 Å². The highest BCUT2D eigenvalue weighted by Crippen LogP contribution is 2.28. The summed E-state index contributed by atoms with van der Waals surface area (Å²) in [5.41, 5.74) is 0.657. The van der Waals surface area contributed by atoms with Crippen molar-refractivity contribution in [1.82, 2.24) is 0 Å². The van der Waals surface area contributed by atoms with Crippen molar-refractivity contribution in [3.63, 3.8) is 0 Å². The lowest BCUT2D eigenvalue weighted by atomic mass is 10.0. The molecule has 0 aromatic heterocycles. The number of aliphatic carboxylic acids is 1. The number of rotatable bonds is 4. The molecule has 1 unspecified atom stereocenters. The molecule has 0 saturated heterocycles. The third-order valence-electron chi connectivity index (χ3n) is 3.33. The van der Waals surface area contributed by atoms with E-state index in [4.69, 9.17) is 4.74 Å². The minimum atomic E-state index is -1.03. The zero-order valence-electron chi connectivity index (χ0n) is 11.3. The molecule has 0 aliphatic rings. The zero-order valence-corrected chi connectivity index (χ0v) is 11.3. The first-order chi connectivity index (χ1) is 10.3. The van der Waals surface area contributed by atoms with Gasteiger partial charge in [-0.15, -0.1) is 0 Å². The number of para-hydroxylation sites is 1. The van der Waals surface area contributed by atoms with Crippen LogP contribution in [0.5, 0.6) is 5.75 Å². The highest BCUT2D eigenvalue weighted by molar-refractivity contribution is 5.90. The van der Waals surface area contributed by atoms with Gasteiger partial charge in [0.15, 0.2) is 0 Å². The van der Waals surface area contributed by atoms with Crippen LogP contribution in [-0.4, -0.2) is 11.1 Å². The van der Waals surface area contributed by atoms with E-state index in [1.54, 1.807) is 18.2 Å². The molecule has 0 radical (unpaired) electrons. The molecule has 21 heavy (non-hydrogen) atoms. The monoisotopic (exact) mass is 278 g/mol. The lowest BCUT2D eigenvalue weighted by molar-refractivity contribution is -0.145. The van der Waals surface area contributed by atoms with Gasteiger partial charge in [-0.3, -0.25) is 0 Å². The van der Waals surface area contributed by atoms with E-state index in [1.807, 2.05) is 54.6 Å². The van der Waals surface area contributed by atoms with Crippen molar-refractivity contribution in [2.45, 2.75) is 6.10 Å². The molecule has 0 saturated carbocycles. The standard InChI is InChI=1S/C18H14O3/c19-18(20)17(21-14-9-2-1-3-10-14)16-12-6-8-13-7-4-5-11-15(13)16/h1-12,17H,(H,19,20). The van der Waals surface area contributed by atoms with Crippen molar-refractivity contribution in [3.05, 3.63) is 78.4 Å². The molecule has 0 bridgehead atoms. The Morgan fingerprint density at radius 3 is 2.29 bits per heavy atom. The van der Waals surface area contributed by atoms with Crippen molar-refractivity contribution < 1.29 is 14.6 Å². The maximum atomic E-state index is 11.6. The average Bonchev–Trinajstić information content (AvgIpc) is 2.53. The van der Waals surface area contributed by atoms with Crippen LogP contribution in [0.3, 0.4) is 0 Å². The molecule has 3 rings (SSSR count). The van der Waals surface area contributed by atoms with Crippen molar-refractivity contribution in [2.75, 3.05) is 0 Å². The fraction of sp³-hybridized carbons (Fsp3) is 0.0556. The summed E-state index contributed by atoms with van der Waals surface area (Å²) in [6, 6.07) is 22.3. The summed E-state index contributed by atoms with van der Waals surface area (Å²) in [6.45, 7) is 0. The topological polar surface area (TPSA) is 46.5 Å². The van der Waals surface area contributed by atoms with Gasteiger partial charge >= 0.3 is 5.97 Å². The molecule has 3 nitrogen and oxygen atoms in total. The number of hydrogen-bond acceptors (Lipinski definition) is 2. The molecule has 0 heterocycles. The van der Waals surface area contributed by atoms with Crippen LogP contribution in [0.1, 0.15) is 11.7 Å². The van der Waals surface area contributed by atoms with Crippen LogP contribution >= 0.6 is 0 Å². The Morgan fingerprint density at radius 1 is 0.857 bits per heavy atom. The van der Waals surface area contributed by atoms with E-state index in [2.05, 4.69) is 0 Å². The van der Waals surface area contributed by atoms with Gasteiger partial charge < -0.3 is 9.84 Å². The Labute approximate surface area is 122 Å². The summed E-state index contributed by atoms with van der Waals surface area (Å²) >= 11 is 0. The van der Waals surface area contributed by atoms with Crippen LogP contribution in [0.4, 0.5) is 0 Å². The van der Waals surface area contributed by atoms with Gasteiger partial charge in [-0.2, -0.15) is 0 Å². The van der Waals surface area contributed by atoms with Gasteiger partial charge in [0.2, 0.25) is 6.10 Å². The molecular weight excluding hydrogens is 264 g/mol. The van der Waals surface area contributed by atoms with E-state index >= 15 is 0 Å². The van der Waals surface area contributed by atoms with Gasteiger partial charge in [0.1, 0.15) is 5.75 Å². The summed E-state index contributed by atoms with van der Waals surface area (Å²) in [5.74, 6) is -0.465. The zero-order chi connectivity index (χ0) is 14.7. The first kappa shape index (κ1) is 13.2. The van der Waals surface area contributed by atoms with E-state index in [0.29, 0.717) is 11.3 Å². The maximum Gasteiger partial charge on any atom is 0.349 e. The fourth-order valence-electron chi connectivity index (χ4n) is 2.36. The van der Waals surface area contributed by atoms with Gasteiger partial charge in [-0.05, 0) is 22.9 Å². The minimum Gasteiger partial charge on any atom is -0.478 e. The predicted molar refractivity (Wildman–Crippen MR) is 81.4 cm³/mol. The highest BCUT2D eigenvalue weighted by atomic mass is 16.5. The molecule has 3 heteroatoms. The van der Waals surface area contributed by atoms with Crippen molar-refractivity contribution in [2.24, 2.45) is 0 Å². The van der Waals surface area contributed by atoms with Crippen molar-refractivity contribution in [3.8, 4) is 5.75 Å². The first-order valence-electron chi connectivity index (χ1n) is 6.68. The average molecular weight is 278 g/mol. The quantitative estimate of drug-likeness (QED) is 0.783. The number of fused-ring (bicyclic) bond motifs is 1. The molecule has 0 fully saturated rings. The number of ether oxygens (including phenoxy) is 1. The Hall–Kier alpha value is -2.81. The summed E-state index contributed by atoms with van der Waals surface area (Å²) in [6.07, 6.45) is -1.03. The van der Waals surface area contributed by atoms with E-state index in [-0.39, 0.29) is 0 Å². The molecular formula is C18H14O3. The van der Waals surface area contributed by atoms with E-state index in [9.17, 15) is 9.90 Å². The third-order valence-corrected chi connectivity index (χ3v) is 3.33. The molecule has 104 valence electrons. The third kappa shape index (κ3) is 2.72. The van der Waals surface area contributed by atoms with Crippen molar-refractivity contribution >= 4 is 16.7 Å². The SMILES string of the molecule is O=C(O)C(Oc1ccccc1)c1cccc2ccccc12. The van der Waals surface area contributed by atoms with E-state index in [1.165, 1.54) is 0 Å². The lowest BCUT2D eigenvalue weighted by Crippen LogP contribution is -2.18. The molecule has 1 atom stereocenters.